The van der Waals surface area contributed by atoms with Crippen LogP contribution in [0.1, 0.15) is 35.3 Å². The first-order chi connectivity index (χ1) is 18.1. The van der Waals surface area contributed by atoms with Gasteiger partial charge in [-0.3, -0.25) is 0 Å². The van der Waals surface area contributed by atoms with Gasteiger partial charge >= 0.3 is 0 Å². The highest BCUT2D eigenvalue weighted by Gasteiger charge is 2.13. The molecule has 3 aromatic rings. The monoisotopic (exact) mass is 546 g/mol. The lowest BCUT2D eigenvalue weighted by Crippen LogP contribution is -2.24. The maximum Gasteiger partial charge on any atom is 0.157 e. The van der Waals surface area contributed by atoms with Crippen LogP contribution in [-0.4, -0.2) is 59.6 Å². The summed E-state index contributed by atoms with van der Waals surface area (Å²) >= 11 is 3.60. The molecule has 1 aromatic carbocycles. The van der Waals surface area contributed by atoms with Gasteiger partial charge in [0.25, 0.3) is 0 Å². The highest BCUT2D eigenvalue weighted by Crippen LogP contribution is 2.39. The second-order valence-electron chi connectivity index (χ2n) is 9.02. The number of thiophene rings is 2. The Morgan fingerprint density at radius 2 is 1.43 bits per heavy atom. The van der Waals surface area contributed by atoms with Crippen molar-refractivity contribution in [3.63, 3.8) is 0 Å². The van der Waals surface area contributed by atoms with Crippen LogP contribution in [0.5, 0.6) is 5.75 Å². The van der Waals surface area contributed by atoms with Crippen LogP contribution < -0.4 is 4.74 Å². The van der Waals surface area contributed by atoms with E-state index in [2.05, 4.69) is 50.2 Å². The zero-order valence-electron chi connectivity index (χ0n) is 22.1. The normalized spacial score (nSPS) is 15.8. The van der Waals surface area contributed by atoms with Gasteiger partial charge in [0, 0.05) is 26.1 Å². The van der Waals surface area contributed by atoms with Crippen molar-refractivity contribution < 1.29 is 28.4 Å². The van der Waals surface area contributed by atoms with Crippen LogP contribution in [0.3, 0.4) is 0 Å². The lowest BCUT2D eigenvalue weighted by Gasteiger charge is -2.22. The minimum absolute atomic E-state index is 0.0547. The van der Waals surface area contributed by atoms with Gasteiger partial charge in [-0.05, 0) is 86.2 Å². The topological polar surface area (TPSA) is 55.4 Å². The number of hydrogen-bond donors (Lipinski definition) is 0. The molecule has 0 bridgehead atoms. The first-order valence-electron chi connectivity index (χ1n) is 12.9. The molecule has 1 unspecified atom stereocenters. The van der Waals surface area contributed by atoms with Gasteiger partial charge in [-0.25, -0.2) is 0 Å². The first-order valence-corrected chi connectivity index (χ1v) is 14.6. The second-order valence-corrected chi connectivity index (χ2v) is 11.3. The molecule has 37 heavy (non-hydrogen) atoms. The summed E-state index contributed by atoms with van der Waals surface area (Å²) in [5.74, 6) is 0.966. The molecule has 0 amide bonds. The van der Waals surface area contributed by atoms with Crippen LogP contribution in [-0.2, 0) is 30.3 Å². The predicted molar refractivity (Wildman–Crippen MR) is 150 cm³/mol. The van der Waals surface area contributed by atoms with E-state index in [9.17, 15) is 0 Å². The van der Waals surface area contributed by atoms with Gasteiger partial charge in [-0.1, -0.05) is 0 Å². The third kappa shape index (κ3) is 8.61. The maximum atomic E-state index is 5.81. The summed E-state index contributed by atoms with van der Waals surface area (Å²) in [6, 6.07) is 13.1. The molecule has 1 atom stereocenters. The molecule has 1 saturated heterocycles. The van der Waals surface area contributed by atoms with Crippen LogP contribution in [0, 0.1) is 13.8 Å². The molecule has 202 valence electrons. The van der Waals surface area contributed by atoms with Crippen molar-refractivity contribution in [2.24, 2.45) is 0 Å². The van der Waals surface area contributed by atoms with E-state index in [0.29, 0.717) is 46.2 Å². The molecule has 3 heterocycles. The molecule has 6 nitrogen and oxygen atoms in total. The van der Waals surface area contributed by atoms with Gasteiger partial charge < -0.3 is 28.4 Å². The quantitative estimate of drug-likeness (QED) is 0.194. The average molecular weight is 547 g/mol. The molecule has 1 aliphatic rings. The molecule has 0 spiro atoms. The summed E-state index contributed by atoms with van der Waals surface area (Å²) in [6.07, 6.45) is 3.23. The van der Waals surface area contributed by atoms with Crippen LogP contribution in [0.25, 0.3) is 20.2 Å². The molecule has 0 radical (unpaired) electrons. The predicted octanol–water partition coefficient (Wildman–Crippen LogP) is 6.86. The molecular weight excluding hydrogens is 508 g/mol. The van der Waals surface area contributed by atoms with E-state index in [1.165, 1.54) is 31.5 Å². The van der Waals surface area contributed by atoms with Crippen molar-refractivity contribution in [3.05, 3.63) is 52.4 Å². The van der Waals surface area contributed by atoms with Crippen LogP contribution in [0.4, 0.5) is 0 Å². The highest BCUT2D eigenvalue weighted by molar-refractivity contribution is 7.23. The fourth-order valence-electron chi connectivity index (χ4n) is 4.32. The number of ether oxygens (including phenoxy) is 6. The van der Waals surface area contributed by atoms with E-state index in [1.807, 2.05) is 11.3 Å². The molecule has 0 saturated carbocycles. The fourth-order valence-corrected chi connectivity index (χ4v) is 6.35. The van der Waals surface area contributed by atoms with E-state index in [4.69, 9.17) is 28.4 Å². The molecule has 0 N–H and O–H groups in total. The van der Waals surface area contributed by atoms with Crippen molar-refractivity contribution in [1.29, 1.82) is 0 Å². The van der Waals surface area contributed by atoms with E-state index < -0.39 is 0 Å². The van der Waals surface area contributed by atoms with E-state index in [-0.39, 0.29) is 6.29 Å². The van der Waals surface area contributed by atoms with Crippen LogP contribution >= 0.6 is 22.7 Å². The van der Waals surface area contributed by atoms with E-state index in [1.54, 1.807) is 18.4 Å². The van der Waals surface area contributed by atoms with Crippen LogP contribution in [0.2, 0.25) is 0 Å². The molecule has 1 fully saturated rings. The molecule has 2 aromatic heterocycles. The number of rotatable bonds is 15. The van der Waals surface area contributed by atoms with Gasteiger partial charge in [0.05, 0.1) is 53.4 Å². The van der Waals surface area contributed by atoms with E-state index in [0.717, 1.165) is 36.3 Å². The number of hydrogen-bond acceptors (Lipinski definition) is 8. The summed E-state index contributed by atoms with van der Waals surface area (Å²) < 4.78 is 33.6. The molecule has 4 rings (SSSR count). The average Bonchev–Trinajstić information content (AvgIpc) is 3.58. The second kappa shape index (κ2) is 15.0. The Hall–Kier alpha value is -1.78. The van der Waals surface area contributed by atoms with Crippen LogP contribution in [0.15, 0.2) is 36.4 Å². The first kappa shape index (κ1) is 28.2. The Kier molecular flexibility index (Phi) is 11.4. The summed E-state index contributed by atoms with van der Waals surface area (Å²) in [5.41, 5.74) is 3.56. The maximum absolute atomic E-state index is 5.81. The Morgan fingerprint density at radius 1 is 0.784 bits per heavy atom. The number of aryl methyl sites for hydroxylation is 2. The van der Waals surface area contributed by atoms with Gasteiger partial charge in [0.1, 0.15) is 5.75 Å². The Labute approximate surface area is 228 Å². The summed E-state index contributed by atoms with van der Waals surface area (Å²) in [5, 5.41) is 0. The smallest absolute Gasteiger partial charge is 0.157 e. The summed E-state index contributed by atoms with van der Waals surface area (Å²) in [6.45, 7) is 8.95. The lowest BCUT2D eigenvalue weighted by molar-refractivity contribution is -0.169. The Balaban J connectivity index is 1.09. The minimum Gasteiger partial charge on any atom is -0.496 e. The standard InChI is InChI=1S/C29H38O6S2/c1-21-18-23(19-22(2)29(21)30-3)25-9-10-27(37-25)26-8-7-24(36-26)20-33-15-14-31-12-13-32-16-17-35-28-6-4-5-11-34-28/h7-10,18-19,28H,4-6,11-17,20H2,1-3H3. The SMILES string of the molecule is COc1c(C)cc(-c2ccc(-c3ccc(COCCOCCOCCOC4CCCCO4)s3)s2)cc1C. The molecule has 0 aliphatic carbocycles. The van der Waals surface area contributed by atoms with Gasteiger partial charge in [-0.15, -0.1) is 22.7 Å². The summed E-state index contributed by atoms with van der Waals surface area (Å²) in [7, 11) is 1.73. The Bertz CT molecular complexity index is 1060. The van der Waals surface area contributed by atoms with E-state index >= 15 is 0 Å². The fraction of sp³-hybridized carbons (Fsp3) is 0.517. The van der Waals surface area contributed by atoms with Crippen molar-refractivity contribution in [2.45, 2.75) is 46.0 Å². The van der Waals surface area contributed by atoms with Crippen molar-refractivity contribution in [3.8, 4) is 25.9 Å². The third-order valence-electron chi connectivity index (χ3n) is 6.12. The largest absolute Gasteiger partial charge is 0.496 e. The lowest BCUT2D eigenvalue weighted by atomic mass is 10.0. The van der Waals surface area contributed by atoms with Gasteiger partial charge in [0.15, 0.2) is 6.29 Å². The number of methoxy groups -OCH3 is 1. The Morgan fingerprint density at radius 3 is 2.14 bits per heavy atom. The zero-order chi connectivity index (χ0) is 25.9. The highest BCUT2D eigenvalue weighted by atomic mass is 32.1. The van der Waals surface area contributed by atoms with Crippen molar-refractivity contribution >= 4 is 22.7 Å². The third-order valence-corrected chi connectivity index (χ3v) is 8.51. The molecular formula is C29H38O6S2. The summed E-state index contributed by atoms with van der Waals surface area (Å²) in [4.78, 5) is 5.02. The van der Waals surface area contributed by atoms with Gasteiger partial charge in [-0.2, -0.15) is 0 Å². The molecule has 1 aliphatic heterocycles. The molecule has 8 heteroatoms. The minimum atomic E-state index is -0.0547. The van der Waals surface area contributed by atoms with Crippen molar-refractivity contribution in [1.82, 2.24) is 0 Å². The van der Waals surface area contributed by atoms with Gasteiger partial charge in [0.2, 0.25) is 0 Å². The zero-order valence-corrected chi connectivity index (χ0v) is 23.7. The number of benzene rings is 1. The van der Waals surface area contributed by atoms with Crippen molar-refractivity contribution in [2.75, 3.05) is 53.4 Å².